The highest BCUT2D eigenvalue weighted by molar-refractivity contribution is 5.80. The van der Waals surface area contributed by atoms with Crippen LogP contribution in [0.3, 0.4) is 0 Å². The molecule has 0 aliphatic carbocycles. The van der Waals surface area contributed by atoms with Crippen molar-refractivity contribution in [2.45, 2.75) is 33.6 Å². The second-order valence-corrected chi connectivity index (χ2v) is 5.70. The third-order valence-electron chi connectivity index (χ3n) is 4.15. The molecule has 22 heavy (non-hydrogen) atoms. The number of hydrogen-bond donors (Lipinski definition) is 0. The smallest absolute Gasteiger partial charge is 0.142 e. The largest absolute Gasteiger partial charge is 0.461 e. The lowest BCUT2D eigenvalue weighted by Crippen LogP contribution is -1.84. The Hall–Kier alpha value is -2.28. The fourth-order valence-corrected chi connectivity index (χ4v) is 2.75. The first kappa shape index (κ1) is 14.6. The summed E-state index contributed by atoms with van der Waals surface area (Å²) in [4.78, 5) is 0. The molecule has 0 saturated carbocycles. The van der Waals surface area contributed by atoms with Crippen LogP contribution in [0, 0.1) is 6.92 Å². The third-order valence-corrected chi connectivity index (χ3v) is 4.15. The number of hydrogen-bond acceptors (Lipinski definition) is 1. The van der Waals surface area contributed by atoms with Crippen molar-refractivity contribution in [3.8, 4) is 22.5 Å². The molecular formula is C21H22O. The van der Waals surface area contributed by atoms with Gasteiger partial charge in [0.25, 0.3) is 0 Å². The molecule has 0 amide bonds. The van der Waals surface area contributed by atoms with Gasteiger partial charge in [-0.15, -0.1) is 0 Å². The lowest BCUT2D eigenvalue weighted by Gasteiger charge is -2.05. The Kier molecular flexibility index (Phi) is 4.15. The number of aryl methyl sites for hydroxylation is 3. The summed E-state index contributed by atoms with van der Waals surface area (Å²) < 4.78 is 5.99. The monoisotopic (exact) mass is 290 g/mol. The maximum atomic E-state index is 5.99. The van der Waals surface area contributed by atoms with Crippen molar-refractivity contribution in [3.63, 3.8) is 0 Å². The third kappa shape index (κ3) is 2.85. The Balaban J connectivity index is 2.04. The van der Waals surface area contributed by atoms with Crippen molar-refractivity contribution in [2.24, 2.45) is 0 Å². The maximum Gasteiger partial charge on any atom is 0.142 e. The van der Waals surface area contributed by atoms with Crippen LogP contribution >= 0.6 is 0 Å². The molecule has 0 aliphatic rings. The topological polar surface area (TPSA) is 13.1 Å². The van der Waals surface area contributed by atoms with Gasteiger partial charge in [0.2, 0.25) is 0 Å². The van der Waals surface area contributed by atoms with E-state index in [0.717, 1.165) is 29.9 Å². The van der Waals surface area contributed by atoms with Crippen LogP contribution in [-0.2, 0) is 12.8 Å². The molecule has 1 heterocycles. The Morgan fingerprint density at radius 1 is 0.727 bits per heavy atom. The number of benzene rings is 2. The molecule has 0 aliphatic heterocycles. The molecule has 3 rings (SSSR count). The molecule has 0 radical (unpaired) electrons. The van der Waals surface area contributed by atoms with E-state index in [1.54, 1.807) is 0 Å². The summed E-state index contributed by atoms with van der Waals surface area (Å²) in [7, 11) is 0. The molecule has 0 atom stereocenters. The first-order valence-corrected chi connectivity index (χ1v) is 8.00. The summed E-state index contributed by atoms with van der Waals surface area (Å²) in [6, 6.07) is 19.6. The van der Waals surface area contributed by atoms with Gasteiger partial charge in [-0.1, -0.05) is 62.4 Å². The van der Waals surface area contributed by atoms with Gasteiger partial charge in [0.15, 0.2) is 0 Å². The van der Waals surface area contributed by atoms with Gasteiger partial charge in [-0.05, 0) is 42.5 Å². The molecule has 1 nitrogen and oxygen atoms in total. The lowest BCUT2D eigenvalue weighted by atomic mass is 9.99. The molecule has 1 aromatic heterocycles. The standard InChI is InChI=1S/C21H22O/c1-4-16-6-10-18(11-7-16)20-14-15(3)22-21(20)19-12-8-17(5-2)9-13-19/h6-14H,4-5H2,1-3H3. The molecule has 0 spiro atoms. The summed E-state index contributed by atoms with van der Waals surface area (Å²) in [6.07, 6.45) is 2.12. The second-order valence-electron chi connectivity index (χ2n) is 5.70. The minimum Gasteiger partial charge on any atom is -0.461 e. The van der Waals surface area contributed by atoms with E-state index in [2.05, 4.69) is 68.4 Å². The molecule has 0 unspecified atom stereocenters. The van der Waals surface area contributed by atoms with E-state index < -0.39 is 0 Å². The zero-order chi connectivity index (χ0) is 15.5. The van der Waals surface area contributed by atoms with E-state index in [0.29, 0.717) is 0 Å². The lowest BCUT2D eigenvalue weighted by molar-refractivity contribution is 0.549. The second kappa shape index (κ2) is 6.23. The van der Waals surface area contributed by atoms with Crippen LogP contribution in [0.2, 0.25) is 0 Å². The van der Waals surface area contributed by atoms with Crippen molar-refractivity contribution >= 4 is 0 Å². The van der Waals surface area contributed by atoms with Gasteiger partial charge in [-0.2, -0.15) is 0 Å². The summed E-state index contributed by atoms with van der Waals surface area (Å²) in [5.41, 5.74) is 6.23. The predicted molar refractivity (Wildman–Crippen MR) is 93.1 cm³/mol. The SMILES string of the molecule is CCc1ccc(-c2cc(C)oc2-c2ccc(CC)cc2)cc1. The normalized spacial score (nSPS) is 10.9. The van der Waals surface area contributed by atoms with Gasteiger partial charge < -0.3 is 4.42 Å². The first-order valence-electron chi connectivity index (χ1n) is 8.00. The molecular weight excluding hydrogens is 268 g/mol. The van der Waals surface area contributed by atoms with Gasteiger partial charge in [-0.3, -0.25) is 0 Å². The van der Waals surface area contributed by atoms with Crippen LogP contribution in [0.15, 0.2) is 59.0 Å². The maximum absolute atomic E-state index is 5.99. The van der Waals surface area contributed by atoms with Gasteiger partial charge >= 0.3 is 0 Å². The van der Waals surface area contributed by atoms with Crippen molar-refractivity contribution in [1.29, 1.82) is 0 Å². The Bertz CT molecular complexity index is 681. The van der Waals surface area contributed by atoms with E-state index in [4.69, 9.17) is 4.42 Å². The zero-order valence-electron chi connectivity index (χ0n) is 13.5. The van der Waals surface area contributed by atoms with E-state index in [-0.39, 0.29) is 0 Å². The van der Waals surface area contributed by atoms with E-state index in [9.17, 15) is 0 Å². The molecule has 2 aromatic carbocycles. The van der Waals surface area contributed by atoms with E-state index in [1.807, 2.05) is 6.92 Å². The van der Waals surface area contributed by atoms with Crippen molar-refractivity contribution < 1.29 is 4.42 Å². The van der Waals surface area contributed by atoms with Gasteiger partial charge in [0, 0.05) is 11.1 Å². The van der Waals surface area contributed by atoms with E-state index >= 15 is 0 Å². The van der Waals surface area contributed by atoms with Crippen LogP contribution in [0.4, 0.5) is 0 Å². The molecule has 112 valence electrons. The van der Waals surface area contributed by atoms with Gasteiger partial charge in [-0.25, -0.2) is 0 Å². The summed E-state index contributed by atoms with van der Waals surface area (Å²) in [6.45, 7) is 6.36. The van der Waals surface area contributed by atoms with Crippen LogP contribution in [0.1, 0.15) is 30.7 Å². The Morgan fingerprint density at radius 3 is 1.73 bits per heavy atom. The van der Waals surface area contributed by atoms with Gasteiger partial charge in [0.1, 0.15) is 11.5 Å². The predicted octanol–water partition coefficient (Wildman–Crippen LogP) is 6.05. The molecule has 1 heteroatoms. The molecule has 0 bridgehead atoms. The Morgan fingerprint density at radius 2 is 1.23 bits per heavy atom. The highest BCUT2D eigenvalue weighted by Crippen LogP contribution is 2.35. The number of rotatable bonds is 4. The van der Waals surface area contributed by atoms with Crippen LogP contribution in [0.5, 0.6) is 0 Å². The summed E-state index contributed by atoms with van der Waals surface area (Å²) in [5.74, 6) is 1.91. The van der Waals surface area contributed by atoms with Crippen LogP contribution < -0.4 is 0 Å². The van der Waals surface area contributed by atoms with Crippen LogP contribution in [0.25, 0.3) is 22.5 Å². The first-order chi connectivity index (χ1) is 10.7. The Labute approximate surface area is 132 Å². The minimum atomic E-state index is 0.948. The molecule has 0 N–H and O–H groups in total. The fraction of sp³-hybridized carbons (Fsp3) is 0.238. The van der Waals surface area contributed by atoms with E-state index in [1.165, 1.54) is 22.3 Å². The fourth-order valence-electron chi connectivity index (χ4n) is 2.75. The molecule has 3 aromatic rings. The summed E-state index contributed by atoms with van der Waals surface area (Å²) in [5, 5.41) is 0. The quantitative estimate of drug-likeness (QED) is 0.570. The average Bonchev–Trinajstić information content (AvgIpc) is 2.97. The minimum absolute atomic E-state index is 0.948. The summed E-state index contributed by atoms with van der Waals surface area (Å²) >= 11 is 0. The molecule has 0 saturated heterocycles. The van der Waals surface area contributed by atoms with Crippen LogP contribution in [-0.4, -0.2) is 0 Å². The number of furan rings is 1. The highest BCUT2D eigenvalue weighted by atomic mass is 16.3. The highest BCUT2D eigenvalue weighted by Gasteiger charge is 2.13. The zero-order valence-corrected chi connectivity index (χ0v) is 13.5. The van der Waals surface area contributed by atoms with Crippen molar-refractivity contribution in [1.82, 2.24) is 0 Å². The average molecular weight is 290 g/mol. The van der Waals surface area contributed by atoms with Crippen molar-refractivity contribution in [2.75, 3.05) is 0 Å². The molecule has 0 fully saturated rings. The van der Waals surface area contributed by atoms with Gasteiger partial charge in [0.05, 0.1) is 0 Å². The van der Waals surface area contributed by atoms with Crippen molar-refractivity contribution in [3.05, 3.63) is 71.5 Å².